The van der Waals surface area contributed by atoms with Crippen LogP contribution in [-0.4, -0.2) is 32.3 Å². The third kappa shape index (κ3) is 4.63. The molecule has 1 N–H and O–H groups in total. The van der Waals surface area contributed by atoms with E-state index in [1.807, 2.05) is 18.2 Å². The maximum absolute atomic E-state index is 12.2. The highest BCUT2D eigenvalue weighted by atomic mass is 16.5. The second kappa shape index (κ2) is 8.05. The largest absolute Gasteiger partial charge is 0.477 e. The smallest absolute Gasteiger partial charge is 0.249 e. The molecule has 2 aromatic heterocycles. The minimum atomic E-state index is -0.454. The van der Waals surface area contributed by atoms with Crippen molar-refractivity contribution in [3.8, 4) is 5.88 Å². The fraction of sp³-hybridized carbons (Fsp3) is 0.222. The number of carbonyl (C=O) groups excluding carboxylic acids is 1. The molecule has 1 amide bonds. The van der Waals surface area contributed by atoms with Gasteiger partial charge in [0.05, 0.1) is 18.5 Å². The van der Waals surface area contributed by atoms with Crippen LogP contribution in [0.15, 0.2) is 61.3 Å². The van der Waals surface area contributed by atoms with E-state index in [1.54, 1.807) is 25.3 Å². The standard InChI is InChI=1S/C18H19N5O2/c1-14(23-13-19-12-21-23)18(24)22-16-7-8-17(20-11-16)25-10-9-15-5-3-2-4-6-15/h2-8,11-14H,9-10H2,1H3,(H,22,24)/t14-/m0/s1. The van der Waals surface area contributed by atoms with Crippen molar-refractivity contribution in [2.24, 2.45) is 0 Å². The molecular weight excluding hydrogens is 318 g/mol. The molecule has 0 saturated heterocycles. The van der Waals surface area contributed by atoms with E-state index >= 15 is 0 Å². The Morgan fingerprint density at radius 3 is 2.76 bits per heavy atom. The van der Waals surface area contributed by atoms with Gasteiger partial charge in [0, 0.05) is 12.5 Å². The van der Waals surface area contributed by atoms with Gasteiger partial charge in [-0.3, -0.25) is 4.79 Å². The Balaban J connectivity index is 1.49. The van der Waals surface area contributed by atoms with E-state index in [0.29, 0.717) is 18.2 Å². The Kier molecular flexibility index (Phi) is 5.36. The van der Waals surface area contributed by atoms with Gasteiger partial charge < -0.3 is 10.1 Å². The molecule has 7 nitrogen and oxygen atoms in total. The van der Waals surface area contributed by atoms with E-state index in [9.17, 15) is 4.79 Å². The monoisotopic (exact) mass is 337 g/mol. The van der Waals surface area contributed by atoms with Crippen molar-refractivity contribution in [2.75, 3.05) is 11.9 Å². The molecule has 7 heteroatoms. The molecule has 3 rings (SSSR count). The summed E-state index contributed by atoms with van der Waals surface area (Å²) >= 11 is 0. The Morgan fingerprint density at radius 1 is 1.24 bits per heavy atom. The van der Waals surface area contributed by atoms with Crippen LogP contribution in [0.1, 0.15) is 18.5 Å². The molecule has 0 aliphatic carbocycles. The van der Waals surface area contributed by atoms with Crippen LogP contribution in [0.25, 0.3) is 0 Å². The van der Waals surface area contributed by atoms with Crippen LogP contribution in [0.5, 0.6) is 5.88 Å². The summed E-state index contributed by atoms with van der Waals surface area (Å²) in [5.41, 5.74) is 1.82. The predicted octanol–water partition coefficient (Wildman–Crippen LogP) is 2.49. The highest BCUT2D eigenvalue weighted by Crippen LogP contribution is 2.14. The van der Waals surface area contributed by atoms with Gasteiger partial charge in [0.1, 0.15) is 18.7 Å². The van der Waals surface area contributed by atoms with Crippen LogP contribution >= 0.6 is 0 Å². The number of hydrogen-bond donors (Lipinski definition) is 1. The number of aromatic nitrogens is 4. The molecule has 0 radical (unpaired) electrons. The van der Waals surface area contributed by atoms with Gasteiger partial charge in [-0.2, -0.15) is 5.10 Å². The minimum absolute atomic E-state index is 0.190. The molecule has 0 aliphatic heterocycles. The zero-order valence-corrected chi connectivity index (χ0v) is 13.9. The normalized spacial score (nSPS) is 11.7. The summed E-state index contributed by atoms with van der Waals surface area (Å²) in [5.74, 6) is 0.336. The van der Waals surface area contributed by atoms with E-state index in [4.69, 9.17) is 4.74 Å². The second-order valence-electron chi connectivity index (χ2n) is 5.51. The molecule has 2 heterocycles. The van der Waals surface area contributed by atoms with Crippen molar-refractivity contribution in [3.63, 3.8) is 0 Å². The van der Waals surface area contributed by atoms with Crippen molar-refractivity contribution in [1.29, 1.82) is 0 Å². The van der Waals surface area contributed by atoms with Crippen molar-refractivity contribution >= 4 is 11.6 Å². The molecule has 0 aliphatic rings. The lowest BCUT2D eigenvalue weighted by atomic mass is 10.2. The number of hydrogen-bond acceptors (Lipinski definition) is 5. The van der Waals surface area contributed by atoms with Crippen molar-refractivity contribution < 1.29 is 9.53 Å². The molecule has 0 saturated carbocycles. The van der Waals surface area contributed by atoms with Crippen LogP contribution in [0, 0.1) is 0 Å². The molecule has 0 spiro atoms. The quantitative estimate of drug-likeness (QED) is 0.716. The van der Waals surface area contributed by atoms with E-state index < -0.39 is 6.04 Å². The van der Waals surface area contributed by atoms with E-state index in [2.05, 4.69) is 32.5 Å². The Hall–Kier alpha value is -3.22. The maximum atomic E-state index is 12.2. The molecule has 128 valence electrons. The van der Waals surface area contributed by atoms with Gasteiger partial charge in [-0.25, -0.2) is 14.6 Å². The SMILES string of the molecule is C[C@@H](C(=O)Nc1ccc(OCCc2ccccc2)nc1)n1cncn1. The van der Waals surface area contributed by atoms with Gasteiger partial charge in [-0.05, 0) is 18.6 Å². The number of nitrogens with zero attached hydrogens (tertiary/aromatic N) is 4. The Labute approximate surface area is 145 Å². The number of carbonyl (C=O) groups is 1. The fourth-order valence-corrected chi connectivity index (χ4v) is 2.24. The highest BCUT2D eigenvalue weighted by Gasteiger charge is 2.15. The summed E-state index contributed by atoms with van der Waals surface area (Å²) in [7, 11) is 0. The first-order valence-corrected chi connectivity index (χ1v) is 8.00. The van der Waals surface area contributed by atoms with Crippen LogP contribution in [0.4, 0.5) is 5.69 Å². The lowest BCUT2D eigenvalue weighted by Gasteiger charge is -2.12. The molecule has 0 unspecified atom stereocenters. The Morgan fingerprint density at radius 2 is 2.08 bits per heavy atom. The summed E-state index contributed by atoms with van der Waals surface area (Å²) in [6.07, 6.45) is 5.29. The lowest BCUT2D eigenvalue weighted by molar-refractivity contribution is -0.119. The molecule has 0 fully saturated rings. The number of anilines is 1. The summed E-state index contributed by atoms with van der Waals surface area (Å²) < 4.78 is 7.12. The summed E-state index contributed by atoms with van der Waals surface area (Å²) in [6, 6.07) is 13.2. The third-order valence-corrected chi connectivity index (χ3v) is 3.70. The molecule has 1 aromatic carbocycles. The van der Waals surface area contributed by atoms with Gasteiger partial charge in [0.25, 0.3) is 0 Å². The molecule has 1 atom stereocenters. The first-order chi connectivity index (χ1) is 12.2. The number of rotatable bonds is 7. The minimum Gasteiger partial charge on any atom is -0.477 e. The number of benzene rings is 1. The Bertz CT molecular complexity index is 788. The van der Waals surface area contributed by atoms with Crippen molar-refractivity contribution in [1.82, 2.24) is 19.7 Å². The third-order valence-electron chi connectivity index (χ3n) is 3.70. The number of nitrogens with one attached hydrogen (secondary N) is 1. The molecule has 0 bridgehead atoms. The van der Waals surface area contributed by atoms with E-state index in [-0.39, 0.29) is 5.91 Å². The maximum Gasteiger partial charge on any atom is 0.249 e. The topological polar surface area (TPSA) is 81.9 Å². The van der Waals surface area contributed by atoms with Crippen molar-refractivity contribution in [3.05, 3.63) is 66.9 Å². The summed E-state index contributed by atoms with van der Waals surface area (Å²) in [6.45, 7) is 2.30. The highest BCUT2D eigenvalue weighted by molar-refractivity contribution is 5.93. The van der Waals surface area contributed by atoms with E-state index in [1.165, 1.54) is 22.9 Å². The first-order valence-electron chi connectivity index (χ1n) is 8.00. The van der Waals surface area contributed by atoms with Crippen LogP contribution in [-0.2, 0) is 11.2 Å². The fourth-order valence-electron chi connectivity index (χ4n) is 2.24. The average molecular weight is 337 g/mol. The summed E-state index contributed by atoms with van der Waals surface area (Å²) in [4.78, 5) is 20.2. The second-order valence-corrected chi connectivity index (χ2v) is 5.51. The zero-order valence-electron chi connectivity index (χ0n) is 13.9. The van der Waals surface area contributed by atoms with Gasteiger partial charge in [-0.15, -0.1) is 0 Å². The predicted molar refractivity (Wildman–Crippen MR) is 93.2 cm³/mol. The van der Waals surface area contributed by atoms with Gasteiger partial charge in [0.2, 0.25) is 11.8 Å². The lowest BCUT2D eigenvalue weighted by Crippen LogP contribution is -2.24. The first kappa shape index (κ1) is 16.6. The molecular formula is C18H19N5O2. The van der Waals surface area contributed by atoms with Crippen LogP contribution in [0.2, 0.25) is 0 Å². The van der Waals surface area contributed by atoms with Gasteiger partial charge in [0.15, 0.2) is 0 Å². The number of amides is 1. The van der Waals surface area contributed by atoms with Crippen LogP contribution < -0.4 is 10.1 Å². The van der Waals surface area contributed by atoms with Crippen LogP contribution in [0.3, 0.4) is 0 Å². The van der Waals surface area contributed by atoms with Gasteiger partial charge >= 0.3 is 0 Å². The zero-order chi connectivity index (χ0) is 17.5. The average Bonchev–Trinajstić information content (AvgIpc) is 3.18. The number of pyridine rings is 1. The molecule has 25 heavy (non-hydrogen) atoms. The molecule has 3 aromatic rings. The van der Waals surface area contributed by atoms with Gasteiger partial charge in [-0.1, -0.05) is 30.3 Å². The number of ether oxygens (including phenoxy) is 1. The van der Waals surface area contributed by atoms with Crippen molar-refractivity contribution in [2.45, 2.75) is 19.4 Å². The summed E-state index contributed by atoms with van der Waals surface area (Å²) in [5, 5.41) is 6.75. The van der Waals surface area contributed by atoms with E-state index in [0.717, 1.165) is 6.42 Å².